The molecule has 0 aliphatic heterocycles. The van der Waals surface area contributed by atoms with E-state index in [1.807, 2.05) is 0 Å². The Labute approximate surface area is 157 Å². The first-order valence-corrected chi connectivity index (χ1v) is 9.65. The SMILES string of the molecule is CC(CO)N(c1ccccc1Cl)S(=O)(=O)COc1cccc(C(N)=O)c1. The molecule has 0 spiro atoms. The lowest BCUT2D eigenvalue weighted by Gasteiger charge is -2.29. The number of carbonyl (C=O) groups is 1. The molecule has 140 valence electrons. The van der Waals surface area contributed by atoms with E-state index in [1.165, 1.54) is 24.3 Å². The van der Waals surface area contributed by atoms with Crippen molar-refractivity contribution in [1.82, 2.24) is 0 Å². The van der Waals surface area contributed by atoms with Crippen LogP contribution in [-0.4, -0.2) is 38.0 Å². The van der Waals surface area contributed by atoms with Gasteiger partial charge in [-0.05, 0) is 37.3 Å². The number of benzene rings is 2. The molecule has 7 nitrogen and oxygen atoms in total. The van der Waals surface area contributed by atoms with Crippen LogP contribution in [0.3, 0.4) is 0 Å². The molecule has 26 heavy (non-hydrogen) atoms. The number of nitrogens with zero attached hydrogens (tertiary/aromatic N) is 1. The van der Waals surface area contributed by atoms with Crippen molar-refractivity contribution in [2.45, 2.75) is 13.0 Å². The molecule has 2 rings (SSSR count). The second kappa shape index (κ2) is 8.39. The Morgan fingerprint density at radius 2 is 1.96 bits per heavy atom. The van der Waals surface area contributed by atoms with Gasteiger partial charge in [0, 0.05) is 5.56 Å². The molecular weight excluding hydrogens is 380 g/mol. The van der Waals surface area contributed by atoms with Crippen molar-refractivity contribution in [1.29, 1.82) is 0 Å². The number of ether oxygens (including phenoxy) is 1. The zero-order valence-electron chi connectivity index (χ0n) is 14.0. The zero-order chi connectivity index (χ0) is 19.3. The van der Waals surface area contributed by atoms with Gasteiger partial charge in [-0.1, -0.05) is 29.8 Å². The van der Waals surface area contributed by atoms with E-state index in [0.29, 0.717) is 0 Å². The van der Waals surface area contributed by atoms with Crippen LogP contribution in [0.5, 0.6) is 5.75 Å². The second-order valence-corrected chi connectivity index (χ2v) is 7.75. The molecule has 2 aromatic carbocycles. The van der Waals surface area contributed by atoms with Gasteiger partial charge in [0.2, 0.25) is 11.8 Å². The van der Waals surface area contributed by atoms with Crippen LogP contribution >= 0.6 is 11.6 Å². The molecule has 0 heterocycles. The summed E-state index contributed by atoms with van der Waals surface area (Å²) in [6.45, 7) is 1.15. The monoisotopic (exact) mass is 398 g/mol. The van der Waals surface area contributed by atoms with Crippen LogP contribution in [0.2, 0.25) is 5.02 Å². The quantitative estimate of drug-likeness (QED) is 0.706. The topological polar surface area (TPSA) is 110 Å². The normalized spacial score (nSPS) is 12.4. The summed E-state index contributed by atoms with van der Waals surface area (Å²) in [7, 11) is -3.99. The van der Waals surface area contributed by atoms with E-state index < -0.39 is 34.5 Å². The lowest BCUT2D eigenvalue weighted by atomic mass is 10.2. The predicted octanol–water partition coefficient (Wildman–Crippen LogP) is 1.99. The zero-order valence-corrected chi connectivity index (χ0v) is 15.6. The molecule has 3 N–H and O–H groups in total. The van der Waals surface area contributed by atoms with Gasteiger partial charge in [0.25, 0.3) is 10.0 Å². The Morgan fingerprint density at radius 1 is 1.27 bits per heavy atom. The fraction of sp³-hybridized carbons (Fsp3) is 0.235. The highest BCUT2D eigenvalue weighted by molar-refractivity contribution is 7.92. The number of sulfonamides is 1. The third kappa shape index (κ3) is 4.66. The van der Waals surface area contributed by atoms with Crippen molar-refractivity contribution in [3.05, 3.63) is 59.1 Å². The van der Waals surface area contributed by atoms with Gasteiger partial charge in [0.1, 0.15) is 5.75 Å². The summed E-state index contributed by atoms with van der Waals surface area (Å²) in [5, 5.41) is 9.69. The number of amides is 1. The number of primary amides is 1. The molecule has 0 bridgehead atoms. The molecule has 1 unspecified atom stereocenters. The summed E-state index contributed by atoms with van der Waals surface area (Å²) < 4.78 is 32.0. The van der Waals surface area contributed by atoms with Crippen molar-refractivity contribution in [3.8, 4) is 5.75 Å². The minimum absolute atomic E-state index is 0.181. The van der Waals surface area contributed by atoms with E-state index in [4.69, 9.17) is 22.1 Å². The highest BCUT2D eigenvalue weighted by Crippen LogP contribution is 2.29. The van der Waals surface area contributed by atoms with Gasteiger partial charge >= 0.3 is 0 Å². The maximum atomic E-state index is 12.8. The number of aliphatic hydroxyl groups excluding tert-OH is 1. The van der Waals surface area contributed by atoms with Gasteiger partial charge in [-0.25, -0.2) is 8.42 Å². The molecule has 0 aliphatic carbocycles. The summed E-state index contributed by atoms with van der Waals surface area (Å²) in [6, 6.07) is 11.6. The smallest absolute Gasteiger partial charge is 0.270 e. The third-order valence-corrected chi connectivity index (χ3v) is 5.44. The highest BCUT2D eigenvalue weighted by Gasteiger charge is 2.29. The van der Waals surface area contributed by atoms with E-state index in [-0.39, 0.29) is 22.0 Å². The fourth-order valence-corrected chi connectivity index (χ4v) is 4.05. The van der Waals surface area contributed by atoms with E-state index in [9.17, 15) is 18.3 Å². The molecule has 1 amide bonds. The molecule has 0 fully saturated rings. The number of rotatable bonds is 8. The Morgan fingerprint density at radius 3 is 2.58 bits per heavy atom. The number of nitrogens with two attached hydrogens (primary N) is 1. The first-order valence-electron chi connectivity index (χ1n) is 7.66. The lowest BCUT2D eigenvalue weighted by Crippen LogP contribution is -2.43. The van der Waals surface area contributed by atoms with Gasteiger partial charge in [0.15, 0.2) is 0 Å². The molecule has 0 radical (unpaired) electrons. The highest BCUT2D eigenvalue weighted by atomic mass is 35.5. The van der Waals surface area contributed by atoms with Crippen molar-refractivity contribution in [3.63, 3.8) is 0 Å². The minimum Gasteiger partial charge on any atom is -0.476 e. The molecule has 0 aliphatic rings. The van der Waals surface area contributed by atoms with E-state index >= 15 is 0 Å². The summed E-state index contributed by atoms with van der Waals surface area (Å²) >= 11 is 6.12. The van der Waals surface area contributed by atoms with Gasteiger partial charge in [0.05, 0.1) is 23.4 Å². The maximum Gasteiger partial charge on any atom is 0.270 e. The van der Waals surface area contributed by atoms with E-state index in [0.717, 1.165) is 4.31 Å². The molecule has 9 heteroatoms. The molecular formula is C17H19ClN2O5S. The number of para-hydroxylation sites is 1. The lowest BCUT2D eigenvalue weighted by molar-refractivity contribution is 0.1000. The Bertz CT molecular complexity index is 888. The average molecular weight is 399 g/mol. The van der Waals surface area contributed by atoms with Gasteiger partial charge < -0.3 is 15.6 Å². The van der Waals surface area contributed by atoms with Crippen LogP contribution in [0.4, 0.5) is 5.69 Å². The summed E-state index contributed by atoms with van der Waals surface area (Å²) in [6.07, 6.45) is 0. The van der Waals surface area contributed by atoms with Crippen LogP contribution in [-0.2, 0) is 10.0 Å². The van der Waals surface area contributed by atoms with Crippen LogP contribution in [0.15, 0.2) is 48.5 Å². The number of carbonyl (C=O) groups excluding carboxylic acids is 1. The summed E-state index contributed by atoms with van der Waals surface area (Å²) in [5.74, 6) is -1.17. The maximum absolute atomic E-state index is 12.8. The van der Waals surface area contributed by atoms with Crippen molar-refractivity contribution < 1.29 is 23.1 Å². The van der Waals surface area contributed by atoms with Crippen LogP contribution in [0, 0.1) is 0 Å². The number of anilines is 1. The van der Waals surface area contributed by atoms with E-state index in [2.05, 4.69) is 0 Å². The molecule has 0 saturated heterocycles. The number of halogens is 1. The standard InChI is InChI=1S/C17H19ClN2O5S/c1-12(10-21)20(16-8-3-2-7-15(16)18)26(23,24)11-25-14-6-4-5-13(9-14)17(19)22/h2-9,12,21H,10-11H2,1H3,(H2,19,22). The second-order valence-electron chi connectivity index (χ2n) is 5.54. The van der Waals surface area contributed by atoms with Gasteiger partial charge in [-0.2, -0.15) is 0 Å². The number of hydrogen-bond donors (Lipinski definition) is 2. The fourth-order valence-electron chi connectivity index (χ4n) is 2.30. The van der Waals surface area contributed by atoms with Crippen LogP contribution in [0.1, 0.15) is 17.3 Å². The third-order valence-electron chi connectivity index (χ3n) is 3.55. The Balaban J connectivity index is 2.29. The van der Waals surface area contributed by atoms with Gasteiger partial charge in [-0.3, -0.25) is 9.10 Å². The molecule has 0 aromatic heterocycles. The molecule has 0 saturated carbocycles. The van der Waals surface area contributed by atoms with Crippen molar-refractivity contribution in [2.24, 2.45) is 5.73 Å². The molecule has 2 aromatic rings. The number of hydrogen-bond acceptors (Lipinski definition) is 5. The Kier molecular flexibility index (Phi) is 6.47. The average Bonchev–Trinajstić information content (AvgIpc) is 2.62. The van der Waals surface area contributed by atoms with E-state index in [1.54, 1.807) is 31.2 Å². The van der Waals surface area contributed by atoms with Gasteiger partial charge in [-0.15, -0.1) is 0 Å². The first kappa shape index (κ1) is 20.0. The Hall–Kier alpha value is -2.29. The van der Waals surface area contributed by atoms with Crippen molar-refractivity contribution >= 4 is 33.2 Å². The van der Waals surface area contributed by atoms with Crippen LogP contribution in [0.25, 0.3) is 0 Å². The molecule has 1 atom stereocenters. The largest absolute Gasteiger partial charge is 0.476 e. The predicted molar refractivity (Wildman–Crippen MR) is 99.9 cm³/mol. The summed E-state index contributed by atoms with van der Waals surface area (Å²) in [4.78, 5) is 11.2. The first-order chi connectivity index (χ1) is 12.3. The van der Waals surface area contributed by atoms with Crippen molar-refractivity contribution in [2.75, 3.05) is 16.9 Å². The van der Waals surface area contributed by atoms with Crippen LogP contribution < -0.4 is 14.8 Å². The summed E-state index contributed by atoms with van der Waals surface area (Å²) in [5.41, 5.74) is 5.64. The number of aliphatic hydroxyl groups is 1. The minimum atomic E-state index is -3.99.